The number of rotatable bonds is 6. The lowest BCUT2D eigenvalue weighted by Crippen LogP contribution is -2.50. The van der Waals surface area contributed by atoms with Gasteiger partial charge in [-0.05, 0) is 48.6 Å². The van der Waals surface area contributed by atoms with E-state index < -0.39 is 0 Å². The van der Waals surface area contributed by atoms with Crippen LogP contribution in [0.5, 0.6) is 0 Å². The smallest absolute Gasteiger partial charge is 0.321 e. The molecule has 0 bridgehead atoms. The minimum atomic E-state index is -0.0280. The molecule has 1 saturated heterocycles. The number of thiophene rings is 1. The van der Waals surface area contributed by atoms with Crippen molar-refractivity contribution in [1.82, 2.24) is 19.8 Å². The Morgan fingerprint density at radius 1 is 1.06 bits per heavy atom. The van der Waals surface area contributed by atoms with Crippen molar-refractivity contribution in [2.75, 3.05) is 49.5 Å². The Morgan fingerprint density at radius 2 is 1.81 bits per heavy atom. The number of benzene rings is 1. The quantitative estimate of drug-likeness (QED) is 0.499. The van der Waals surface area contributed by atoms with Gasteiger partial charge in [0.15, 0.2) is 0 Å². The van der Waals surface area contributed by atoms with Gasteiger partial charge < -0.3 is 15.1 Å². The number of fused-ring (bicyclic) bond motifs is 3. The molecular formula is C28H38N6OS. The predicted octanol–water partition coefficient (Wildman–Crippen LogP) is 5.18. The molecule has 0 spiro atoms. The van der Waals surface area contributed by atoms with Gasteiger partial charge in [-0.2, -0.15) is 0 Å². The van der Waals surface area contributed by atoms with Gasteiger partial charge in [-0.15, -0.1) is 11.3 Å². The zero-order valence-electron chi connectivity index (χ0n) is 22.0. The first-order valence-electron chi connectivity index (χ1n) is 13.4. The highest BCUT2D eigenvalue weighted by Crippen LogP contribution is 2.39. The highest BCUT2D eigenvalue weighted by Gasteiger charge is 2.28. The molecule has 192 valence electrons. The van der Waals surface area contributed by atoms with Gasteiger partial charge >= 0.3 is 6.03 Å². The first-order chi connectivity index (χ1) is 17.4. The van der Waals surface area contributed by atoms with Crippen LogP contribution >= 0.6 is 11.3 Å². The molecule has 2 aromatic heterocycles. The van der Waals surface area contributed by atoms with Gasteiger partial charge in [0.1, 0.15) is 16.5 Å². The van der Waals surface area contributed by atoms with Crippen LogP contribution in [0.3, 0.4) is 0 Å². The standard InChI is InChI=1S/C28H38N6OS/c1-5-20-7-9-21(10-8-20)29-28(35)34-15-13-33(14-16-34)26-25-22-11-12-32(6-2)18-23(22)36-27(25)31-24(30-26)17-19(3)4/h7-10,19H,5-6,11-18H2,1-4H3,(H,29,35). The zero-order valence-corrected chi connectivity index (χ0v) is 22.8. The molecule has 0 atom stereocenters. The fourth-order valence-corrected chi connectivity index (χ4v) is 6.45. The van der Waals surface area contributed by atoms with E-state index in [9.17, 15) is 4.79 Å². The van der Waals surface area contributed by atoms with E-state index in [0.717, 1.165) is 74.1 Å². The minimum absolute atomic E-state index is 0.0280. The van der Waals surface area contributed by atoms with Crippen LogP contribution in [-0.4, -0.2) is 65.1 Å². The minimum Gasteiger partial charge on any atom is -0.352 e. The third kappa shape index (κ3) is 5.20. The lowest BCUT2D eigenvalue weighted by Gasteiger charge is -2.36. The number of carbonyl (C=O) groups excluding carboxylic acids is 1. The third-order valence-electron chi connectivity index (χ3n) is 7.32. The normalized spacial score (nSPS) is 16.6. The van der Waals surface area contributed by atoms with Crippen LogP contribution in [0.15, 0.2) is 24.3 Å². The number of hydrogen-bond acceptors (Lipinski definition) is 6. The molecule has 2 aliphatic heterocycles. The molecule has 3 aromatic rings. The number of carbonyl (C=O) groups is 1. The second-order valence-corrected chi connectivity index (χ2v) is 11.4. The summed E-state index contributed by atoms with van der Waals surface area (Å²) in [6.45, 7) is 14.9. The molecule has 36 heavy (non-hydrogen) atoms. The number of urea groups is 1. The highest BCUT2D eigenvalue weighted by molar-refractivity contribution is 7.19. The first-order valence-corrected chi connectivity index (χ1v) is 14.2. The number of piperazine rings is 1. The molecule has 7 nitrogen and oxygen atoms in total. The zero-order chi connectivity index (χ0) is 25.2. The van der Waals surface area contributed by atoms with Crippen molar-refractivity contribution in [3.8, 4) is 0 Å². The van der Waals surface area contributed by atoms with Gasteiger partial charge in [0.25, 0.3) is 0 Å². The number of likely N-dealkylation sites (N-methyl/N-ethyl adjacent to an activating group) is 1. The highest BCUT2D eigenvalue weighted by atomic mass is 32.1. The molecule has 1 aromatic carbocycles. The Bertz CT molecular complexity index is 1210. The summed E-state index contributed by atoms with van der Waals surface area (Å²) in [7, 11) is 0. The van der Waals surface area contributed by atoms with Crippen molar-refractivity contribution in [1.29, 1.82) is 0 Å². The SMILES string of the molecule is CCc1ccc(NC(=O)N2CCN(c3nc(CC(C)C)nc4sc5c(c34)CCN(CC)C5)CC2)cc1. The molecule has 1 N–H and O–H groups in total. The maximum absolute atomic E-state index is 12.9. The van der Waals surface area contributed by atoms with E-state index in [1.54, 1.807) is 0 Å². The number of nitrogens with zero attached hydrogens (tertiary/aromatic N) is 5. The molecule has 0 saturated carbocycles. The van der Waals surface area contributed by atoms with Gasteiger partial charge in [0.05, 0.1) is 5.39 Å². The predicted molar refractivity (Wildman–Crippen MR) is 149 cm³/mol. The number of aryl methyl sites for hydroxylation is 1. The van der Waals surface area contributed by atoms with Crippen LogP contribution < -0.4 is 10.2 Å². The number of hydrogen-bond donors (Lipinski definition) is 1. The third-order valence-corrected chi connectivity index (χ3v) is 8.44. The average Bonchev–Trinajstić information content (AvgIpc) is 3.25. The summed E-state index contributed by atoms with van der Waals surface area (Å²) in [6, 6.07) is 8.09. The number of anilines is 2. The molecule has 0 aliphatic carbocycles. The summed E-state index contributed by atoms with van der Waals surface area (Å²) in [4.78, 5) is 32.5. The van der Waals surface area contributed by atoms with Gasteiger partial charge in [0.2, 0.25) is 0 Å². The maximum atomic E-state index is 12.9. The number of aromatic nitrogens is 2. The Kier molecular flexibility index (Phi) is 7.44. The fourth-order valence-electron chi connectivity index (χ4n) is 5.17. The van der Waals surface area contributed by atoms with Crippen molar-refractivity contribution in [2.45, 2.75) is 53.5 Å². The average molecular weight is 507 g/mol. The molecule has 2 amide bonds. The summed E-state index contributed by atoms with van der Waals surface area (Å²) in [5.41, 5.74) is 3.57. The van der Waals surface area contributed by atoms with Gasteiger partial charge in [-0.3, -0.25) is 4.90 Å². The van der Waals surface area contributed by atoms with Crippen LogP contribution in [0.25, 0.3) is 10.2 Å². The Hall–Kier alpha value is -2.71. The molecule has 2 aliphatic rings. The van der Waals surface area contributed by atoms with Gasteiger partial charge in [-0.1, -0.05) is 39.8 Å². The second-order valence-electron chi connectivity index (χ2n) is 10.3. The van der Waals surface area contributed by atoms with Crippen LogP contribution in [0, 0.1) is 5.92 Å². The van der Waals surface area contributed by atoms with E-state index in [2.05, 4.69) is 54.9 Å². The summed E-state index contributed by atoms with van der Waals surface area (Å²) in [5.74, 6) is 2.52. The topological polar surface area (TPSA) is 64.6 Å². The summed E-state index contributed by atoms with van der Waals surface area (Å²) >= 11 is 1.85. The lowest BCUT2D eigenvalue weighted by atomic mass is 10.0. The van der Waals surface area contributed by atoms with Crippen molar-refractivity contribution in [3.05, 3.63) is 46.1 Å². The molecule has 4 heterocycles. The van der Waals surface area contributed by atoms with E-state index in [1.807, 2.05) is 28.4 Å². The van der Waals surface area contributed by atoms with Crippen LogP contribution in [0.1, 0.15) is 49.5 Å². The van der Waals surface area contributed by atoms with E-state index in [0.29, 0.717) is 19.0 Å². The fraction of sp³-hybridized carbons (Fsp3) is 0.536. The number of nitrogens with one attached hydrogen (secondary N) is 1. The largest absolute Gasteiger partial charge is 0.352 e. The summed E-state index contributed by atoms with van der Waals surface area (Å²) in [5, 5.41) is 4.32. The molecule has 5 rings (SSSR count). The summed E-state index contributed by atoms with van der Waals surface area (Å²) < 4.78 is 0. The molecule has 1 fully saturated rings. The van der Waals surface area contributed by atoms with Crippen LogP contribution in [0.4, 0.5) is 16.3 Å². The monoisotopic (exact) mass is 506 g/mol. The molecule has 8 heteroatoms. The molecule has 0 radical (unpaired) electrons. The van der Waals surface area contributed by atoms with Crippen molar-refractivity contribution in [3.63, 3.8) is 0 Å². The van der Waals surface area contributed by atoms with E-state index in [-0.39, 0.29) is 6.03 Å². The summed E-state index contributed by atoms with van der Waals surface area (Å²) in [6.07, 6.45) is 2.93. The van der Waals surface area contributed by atoms with Crippen molar-refractivity contribution < 1.29 is 4.79 Å². The Labute approximate surface area is 218 Å². The first kappa shape index (κ1) is 25.0. The van der Waals surface area contributed by atoms with Crippen molar-refractivity contribution >= 4 is 39.1 Å². The Morgan fingerprint density at radius 3 is 2.47 bits per heavy atom. The van der Waals surface area contributed by atoms with Crippen molar-refractivity contribution in [2.24, 2.45) is 5.92 Å². The second kappa shape index (κ2) is 10.7. The van der Waals surface area contributed by atoms with Crippen LogP contribution in [0.2, 0.25) is 0 Å². The van der Waals surface area contributed by atoms with Crippen LogP contribution in [-0.2, 0) is 25.8 Å². The lowest BCUT2D eigenvalue weighted by molar-refractivity contribution is 0.208. The molecular weight excluding hydrogens is 468 g/mol. The number of amides is 2. The van der Waals surface area contributed by atoms with E-state index in [1.165, 1.54) is 21.4 Å². The Balaban J connectivity index is 1.35. The molecule has 0 unspecified atom stereocenters. The van der Waals surface area contributed by atoms with Gasteiger partial charge in [0, 0.05) is 56.3 Å². The maximum Gasteiger partial charge on any atom is 0.321 e. The van der Waals surface area contributed by atoms with Gasteiger partial charge in [-0.25, -0.2) is 14.8 Å². The van der Waals surface area contributed by atoms with E-state index >= 15 is 0 Å². The van der Waals surface area contributed by atoms with E-state index in [4.69, 9.17) is 9.97 Å².